The molecule has 1 aliphatic heterocycles. The molecule has 1 aromatic carbocycles. The van der Waals surface area contributed by atoms with E-state index in [1.54, 1.807) is 4.57 Å². The third kappa shape index (κ3) is 1.94. The summed E-state index contributed by atoms with van der Waals surface area (Å²) in [5.74, 6) is -1.91. The monoisotopic (exact) mass is 316 g/mol. The molecule has 0 atom stereocenters. The number of imidazole rings is 1. The van der Waals surface area contributed by atoms with Gasteiger partial charge in [-0.15, -0.1) is 0 Å². The van der Waals surface area contributed by atoms with E-state index in [1.807, 2.05) is 0 Å². The van der Waals surface area contributed by atoms with Crippen LogP contribution >= 0.6 is 23.8 Å². The van der Waals surface area contributed by atoms with Gasteiger partial charge in [-0.1, -0.05) is 11.6 Å². The second-order valence-corrected chi connectivity index (χ2v) is 5.52. The Balaban J connectivity index is 2.32. The molecule has 3 nitrogen and oxygen atoms in total. The van der Waals surface area contributed by atoms with Crippen LogP contribution in [0.5, 0.6) is 5.88 Å². The largest absolute Gasteiger partial charge is 0.493 e. The summed E-state index contributed by atoms with van der Waals surface area (Å²) in [6, 6.07) is 2.00. The highest BCUT2D eigenvalue weighted by Crippen LogP contribution is 2.32. The molecule has 0 bridgehead atoms. The summed E-state index contributed by atoms with van der Waals surface area (Å²) < 4.78 is 31.0. The lowest BCUT2D eigenvalue weighted by atomic mass is 10.1. The van der Waals surface area contributed by atoms with Gasteiger partial charge in [0.05, 0.1) is 5.69 Å². The van der Waals surface area contributed by atoms with Crippen LogP contribution in [0.1, 0.15) is 18.5 Å². The van der Waals surface area contributed by atoms with Crippen molar-refractivity contribution in [2.45, 2.75) is 25.8 Å². The van der Waals surface area contributed by atoms with Crippen molar-refractivity contribution in [3.8, 4) is 11.6 Å². The Kier molecular flexibility index (Phi) is 3.30. The first-order valence-electron chi connectivity index (χ1n) is 6.19. The van der Waals surface area contributed by atoms with Crippen molar-refractivity contribution in [1.29, 1.82) is 0 Å². The zero-order chi connectivity index (χ0) is 14.4. The third-order valence-electron chi connectivity index (χ3n) is 3.47. The molecular weight excluding hydrogens is 306 g/mol. The first-order chi connectivity index (χ1) is 9.50. The molecule has 0 aliphatic carbocycles. The van der Waals surface area contributed by atoms with Gasteiger partial charge in [-0.3, -0.25) is 0 Å². The molecule has 7 heteroatoms. The summed E-state index contributed by atoms with van der Waals surface area (Å²) in [5.41, 5.74) is 0.230. The summed E-state index contributed by atoms with van der Waals surface area (Å²) in [7, 11) is 0. The number of fused-ring (bicyclic) bond motifs is 1. The lowest BCUT2D eigenvalue weighted by Gasteiger charge is -2.12. The SMILES string of the molecule is Oc1c2n(c(=S)n1-c1c(F)cc(Cl)cc1F)CCCC2. The Bertz CT molecular complexity index is 731. The van der Waals surface area contributed by atoms with Crippen LogP contribution in [0, 0.1) is 16.4 Å². The molecule has 0 spiro atoms. The fourth-order valence-corrected chi connectivity index (χ4v) is 3.14. The molecule has 106 valence electrons. The molecule has 0 saturated heterocycles. The van der Waals surface area contributed by atoms with Crippen molar-refractivity contribution in [2.24, 2.45) is 0 Å². The maximum Gasteiger partial charge on any atom is 0.218 e. The van der Waals surface area contributed by atoms with Crippen LogP contribution in [0.2, 0.25) is 5.02 Å². The molecule has 2 heterocycles. The van der Waals surface area contributed by atoms with Crippen LogP contribution in [0.15, 0.2) is 12.1 Å². The van der Waals surface area contributed by atoms with Crippen molar-refractivity contribution in [2.75, 3.05) is 0 Å². The second kappa shape index (κ2) is 4.86. The Morgan fingerprint density at radius 2 is 1.85 bits per heavy atom. The van der Waals surface area contributed by atoms with Crippen LogP contribution in [0.25, 0.3) is 5.69 Å². The van der Waals surface area contributed by atoms with Crippen LogP contribution in [0.3, 0.4) is 0 Å². The minimum Gasteiger partial charge on any atom is -0.493 e. The lowest BCUT2D eigenvalue weighted by Crippen LogP contribution is -2.09. The van der Waals surface area contributed by atoms with E-state index in [1.165, 1.54) is 0 Å². The summed E-state index contributed by atoms with van der Waals surface area (Å²) >= 11 is 10.8. The quantitative estimate of drug-likeness (QED) is 0.807. The summed E-state index contributed by atoms with van der Waals surface area (Å²) in [6.45, 7) is 0.644. The van der Waals surface area contributed by atoms with Crippen molar-refractivity contribution < 1.29 is 13.9 Å². The molecule has 0 unspecified atom stereocenters. The standard InChI is InChI=1S/C13H11ClF2N2OS/c14-7-5-8(15)11(9(16)6-7)18-12(19)10-3-1-2-4-17(10)13(18)20/h5-6,19H,1-4H2. The van der Waals surface area contributed by atoms with E-state index >= 15 is 0 Å². The van der Waals surface area contributed by atoms with Crippen molar-refractivity contribution in [1.82, 2.24) is 9.13 Å². The van der Waals surface area contributed by atoms with Gasteiger partial charge in [0.25, 0.3) is 0 Å². The van der Waals surface area contributed by atoms with E-state index in [9.17, 15) is 13.9 Å². The number of aromatic nitrogens is 2. The smallest absolute Gasteiger partial charge is 0.218 e. The molecule has 1 aliphatic rings. The molecule has 0 fully saturated rings. The fourth-order valence-electron chi connectivity index (χ4n) is 2.57. The van der Waals surface area contributed by atoms with Gasteiger partial charge in [-0.05, 0) is 43.6 Å². The van der Waals surface area contributed by atoms with Crippen molar-refractivity contribution in [3.63, 3.8) is 0 Å². The Morgan fingerprint density at radius 1 is 1.20 bits per heavy atom. The average Bonchev–Trinajstić information content (AvgIpc) is 2.64. The zero-order valence-electron chi connectivity index (χ0n) is 10.4. The number of halogens is 3. The number of rotatable bonds is 1. The van der Waals surface area contributed by atoms with Crippen LogP contribution < -0.4 is 0 Å². The highest BCUT2D eigenvalue weighted by molar-refractivity contribution is 7.71. The molecule has 0 saturated carbocycles. The predicted octanol–water partition coefficient (Wildman–Crippen LogP) is 3.98. The molecule has 1 aromatic heterocycles. The molecule has 0 amide bonds. The van der Waals surface area contributed by atoms with Gasteiger partial charge >= 0.3 is 0 Å². The maximum atomic E-state index is 14.0. The molecule has 3 rings (SSSR count). The number of hydrogen-bond donors (Lipinski definition) is 1. The summed E-state index contributed by atoms with van der Waals surface area (Å²) in [6.07, 6.45) is 2.48. The number of aromatic hydroxyl groups is 1. The Morgan fingerprint density at radius 3 is 2.45 bits per heavy atom. The summed E-state index contributed by atoms with van der Waals surface area (Å²) in [4.78, 5) is 0. The molecule has 1 N–H and O–H groups in total. The van der Waals surface area contributed by atoms with Crippen LogP contribution in [-0.2, 0) is 13.0 Å². The van der Waals surface area contributed by atoms with Crippen LogP contribution in [-0.4, -0.2) is 14.2 Å². The third-order valence-corrected chi connectivity index (χ3v) is 4.09. The molecular formula is C13H11ClF2N2OS. The highest BCUT2D eigenvalue weighted by atomic mass is 35.5. The van der Waals surface area contributed by atoms with Crippen molar-refractivity contribution in [3.05, 3.63) is 39.3 Å². The van der Waals surface area contributed by atoms with Gasteiger partial charge < -0.3 is 9.67 Å². The van der Waals surface area contributed by atoms with Gasteiger partial charge in [0.2, 0.25) is 5.88 Å². The van der Waals surface area contributed by atoms with E-state index in [4.69, 9.17) is 23.8 Å². The van der Waals surface area contributed by atoms with Gasteiger partial charge in [0.15, 0.2) is 16.4 Å². The van der Waals surface area contributed by atoms with E-state index < -0.39 is 11.6 Å². The second-order valence-electron chi connectivity index (χ2n) is 4.72. The number of benzene rings is 1. The normalized spacial score (nSPS) is 14.3. The first-order valence-corrected chi connectivity index (χ1v) is 6.97. The topological polar surface area (TPSA) is 30.1 Å². The fraction of sp³-hybridized carbons (Fsp3) is 0.308. The first kappa shape index (κ1) is 13.6. The van der Waals surface area contributed by atoms with Crippen LogP contribution in [0.4, 0.5) is 8.78 Å². The van der Waals surface area contributed by atoms with Gasteiger partial charge in [-0.2, -0.15) is 0 Å². The van der Waals surface area contributed by atoms with E-state index in [0.29, 0.717) is 18.7 Å². The highest BCUT2D eigenvalue weighted by Gasteiger charge is 2.24. The molecule has 2 aromatic rings. The number of hydrogen-bond acceptors (Lipinski definition) is 2. The predicted molar refractivity (Wildman–Crippen MR) is 74.1 cm³/mol. The zero-order valence-corrected chi connectivity index (χ0v) is 11.9. The van der Waals surface area contributed by atoms with Gasteiger partial charge in [0, 0.05) is 11.6 Å². The molecule has 0 radical (unpaired) electrons. The minimum absolute atomic E-state index is 0.0428. The number of nitrogens with zero attached hydrogens (tertiary/aromatic N) is 2. The Labute approximate surface area is 124 Å². The van der Waals surface area contributed by atoms with E-state index in [-0.39, 0.29) is 21.4 Å². The summed E-state index contributed by atoms with van der Waals surface area (Å²) in [5, 5.41) is 10.2. The van der Waals surface area contributed by atoms with E-state index in [2.05, 4.69) is 0 Å². The lowest BCUT2D eigenvalue weighted by molar-refractivity contribution is 0.421. The molecule has 20 heavy (non-hydrogen) atoms. The average molecular weight is 317 g/mol. The minimum atomic E-state index is -0.857. The maximum absolute atomic E-state index is 14.0. The van der Waals surface area contributed by atoms with E-state index in [0.717, 1.165) is 29.5 Å². The van der Waals surface area contributed by atoms with Crippen molar-refractivity contribution >= 4 is 23.8 Å². The van der Waals surface area contributed by atoms with Gasteiger partial charge in [0.1, 0.15) is 5.69 Å². The van der Waals surface area contributed by atoms with Gasteiger partial charge in [-0.25, -0.2) is 13.3 Å². The Hall–Kier alpha value is -1.40.